The van der Waals surface area contributed by atoms with Crippen molar-refractivity contribution in [1.82, 2.24) is 4.72 Å². The van der Waals surface area contributed by atoms with Crippen molar-refractivity contribution in [3.05, 3.63) is 13.6 Å². The molecule has 0 aliphatic heterocycles. The maximum Gasteiger partial charge on any atom is 0.242 e. The lowest BCUT2D eigenvalue weighted by Gasteiger charge is -2.07. The number of hydrogen-bond acceptors (Lipinski definition) is 4. The molecular weight excluding hydrogens is 380 g/mol. The molecule has 0 saturated carbocycles. The topological polar surface area (TPSA) is 72.2 Å². The molecule has 0 spiro atoms. The van der Waals surface area contributed by atoms with Gasteiger partial charge in [0.25, 0.3) is 0 Å². The average Bonchev–Trinajstić information content (AvgIpc) is 2.44. The molecule has 0 aromatic carbocycles. The maximum absolute atomic E-state index is 11.9. The molecule has 1 rings (SSSR count). The van der Waals surface area contributed by atoms with Crippen molar-refractivity contribution in [3.63, 3.8) is 0 Å². The van der Waals surface area contributed by atoms with Gasteiger partial charge in [-0.1, -0.05) is 0 Å². The number of sulfonamides is 1. The molecule has 1 aromatic rings. The van der Waals surface area contributed by atoms with Crippen molar-refractivity contribution >= 4 is 53.2 Å². The highest BCUT2D eigenvalue weighted by atomic mass is 79.9. The zero-order valence-corrected chi connectivity index (χ0v) is 13.3. The Morgan fingerprint density at radius 2 is 2.19 bits per heavy atom. The highest BCUT2D eigenvalue weighted by Gasteiger charge is 2.19. The summed E-state index contributed by atoms with van der Waals surface area (Å²) in [5.74, 6) is 0. The summed E-state index contributed by atoms with van der Waals surface area (Å²) in [7, 11) is -3.44. The Labute approximate surface area is 116 Å². The zero-order chi connectivity index (χ0) is 12.3. The van der Waals surface area contributed by atoms with E-state index in [2.05, 4.69) is 36.6 Å². The second-order valence-electron chi connectivity index (χ2n) is 3.35. The predicted molar refractivity (Wildman–Crippen MR) is 73.2 cm³/mol. The number of nitrogens with one attached hydrogen (secondary N) is 1. The molecule has 8 heteroatoms. The molecule has 92 valence electrons. The molecule has 0 aliphatic rings. The third-order valence-electron chi connectivity index (χ3n) is 1.81. The zero-order valence-electron chi connectivity index (χ0n) is 8.54. The van der Waals surface area contributed by atoms with E-state index in [0.717, 1.165) is 3.79 Å². The summed E-state index contributed by atoms with van der Waals surface area (Å²) in [4.78, 5) is 0.258. The summed E-state index contributed by atoms with van der Waals surface area (Å²) in [5.41, 5.74) is 5.54. The van der Waals surface area contributed by atoms with Gasteiger partial charge in [-0.05, 0) is 51.3 Å². The van der Waals surface area contributed by atoms with Crippen LogP contribution in [0.25, 0.3) is 0 Å². The lowest BCUT2D eigenvalue weighted by Crippen LogP contribution is -2.29. The summed E-state index contributed by atoms with van der Waals surface area (Å²) in [5, 5.41) is 0. The van der Waals surface area contributed by atoms with E-state index in [-0.39, 0.29) is 10.9 Å². The fourth-order valence-corrected chi connectivity index (χ4v) is 5.86. The van der Waals surface area contributed by atoms with Crippen LogP contribution in [0.1, 0.15) is 13.3 Å². The number of rotatable bonds is 5. The van der Waals surface area contributed by atoms with E-state index in [1.165, 1.54) is 11.3 Å². The highest BCUT2D eigenvalue weighted by Crippen LogP contribution is 2.34. The minimum absolute atomic E-state index is 0.0136. The lowest BCUT2D eigenvalue weighted by molar-refractivity contribution is 0.572. The normalized spacial score (nSPS) is 14.0. The van der Waals surface area contributed by atoms with Crippen molar-refractivity contribution in [2.45, 2.75) is 24.3 Å². The van der Waals surface area contributed by atoms with E-state index < -0.39 is 10.0 Å². The van der Waals surface area contributed by atoms with Crippen LogP contribution in [-0.4, -0.2) is 21.0 Å². The average molecular weight is 392 g/mol. The Bertz CT molecular complexity index is 457. The molecule has 1 aromatic heterocycles. The first-order valence-corrected chi connectivity index (χ1v) is 8.41. The minimum atomic E-state index is -3.44. The molecule has 16 heavy (non-hydrogen) atoms. The van der Waals surface area contributed by atoms with E-state index in [1.807, 2.05) is 6.92 Å². The first-order chi connectivity index (χ1) is 7.33. The van der Waals surface area contributed by atoms with Gasteiger partial charge < -0.3 is 5.73 Å². The van der Waals surface area contributed by atoms with Crippen molar-refractivity contribution in [1.29, 1.82) is 0 Å². The number of hydrogen-bond donors (Lipinski definition) is 2. The Kier molecular flexibility index (Phi) is 5.40. The van der Waals surface area contributed by atoms with Gasteiger partial charge >= 0.3 is 0 Å². The van der Waals surface area contributed by atoms with Gasteiger partial charge in [0.15, 0.2) is 0 Å². The van der Waals surface area contributed by atoms with Crippen molar-refractivity contribution < 1.29 is 8.42 Å². The van der Waals surface area contributed by atoms with E-state index in [9.17, 15) is 8.42 Å². The summed E-state index contributed by atoms with van der Waals surface area (Å²) >= 11 is 7.79. The second-order valence-corrected chi connectivity index (χ2v) is 8.84. The monoisotopic (exact) mass is 390 g/mol. The summed E-state index contributed by atoms with van der Waals surface area (Å²) < 4.78 is 27.6. The van der Waals surface area contributed by atoms with Crippen LogP contribution in [0.4, 0.5) is 0 Å². The van der Waals surface area contributed by atoms with Crippen LogP contribution in [0, 0.1) is 0 Å². The molecule has 0 bridgehead atoms. The first kappa shape index (κ1) is 14.6. The molecule has 1 heterocycles. The van der Waals surface area contributed by atoms with Gasteiger partial charge in [0.05, 0.1) is 7.57 Å². The summed E-state index contributed by atoms with van der Waals surface area (Å²) in [6.07, 6.45) is 0.613. The Morgan fingerprint density at radius 3 is 2.62 bits per heavy atom. The molecule has 0 amide bonds. The van der Waals surface area contributed by atoms with Crippen LogP contribution < -0.4 is 10.5 Å². The van der Waals surface area contributed by atoms with Gasteiger partial charge in [-0.15, -0.1) is 11.3 Å². The smallest absolute Gasteiger partial charge is 0.242 e. The molecule has 0 fully saturated rings. The quantitative estimate of drug-likeness (QED) is 0.808. The SMILES string of the molecule is CC(N)CCNS(=O)(=O)c1cc(Br)sc1Br. The van der Waals surface area contributed by atoms with E-state index in [0.29, 0.717) is 16.8 Å². The van der Waals surface area contributed by atoms with Gasteiger partial charge in [0, 0.05) is 12.6 Å². The number of thiophene rings is 1. The summed E-state index contributed by atoms with van der Waals surface area (Å²) in [6, 6.07) is 1.56. The van der Waals surface area contributed by atoms with Crippen LogP contribution in [0.5, 0.6) is 0 Å². The first-order valence-electron chi connectivity index (χ1n) is 4.53. The molecule has 0 aliphatic carbocycles. The fourth-order valence-electron chi connectivity index (χ4n) is 1.01. The van der Waals surface area contributed by atoms with E-state index in [4.69, 9.17) is 5.73 Å². The van der Waals surface area contributed by atoms with Crippen molar-refractivity contribution in [2.75, 3.05) is 6.54 Å². The summed E-state index contributed by atoms with van der Waals surface area (Å²) in [6.45, 7) is 2.19. The van der Waals surface area contributed by atoms with Gasteiger partial charge in [0.1, 0.15) is 4.90 Å². The molecule has 1 atom stereocenters. The van der Waals surface area contributed by atoms with Gasteiger partial charge in [0.2, 0.25) is 10.0 Å². The fraction of sp³-hybridized carbons (Fsp3) is 0.500. The molecule has 4 nitrogen and oxygen atoms in total. The van der Waals surface area contributed by atoms with Crippen LogP contribution in [0.15, 0.2) is 18.5 Å². The Balaban J connectivity index is 2.75. The molecule has 1 unspecified atom stereocenters. The van der Waals surface area contributed by atoms with Gasteiger partial charge in [-0.3, -0.25) is 0 Å². The number of halogens is 2. The Hall–Kier alpha value is 0.530. The van der Waals surface area contributed by atoms with Crippen molar-refractivity contribution in [3.8, 4) is 0 Å². The van der Waals surface area contributed by atoms with E-state index >= 15 is 0 Å². The third kappa shape index (κ3) is 4.08. The highest BCUT2D eigenvalue weighted by molar-refractivity contribution is 9.12. The van der Waals surface area contributed by atoms with Crippen LogP contribution >= 0.6 is 43.2 Å². The molecular formula is C8H12Br2N2O2S2. The maximum atomic E-state index is 11.9. The minimum Gasteiger partial charge on any atom is -0.328 e. The predicted octanol–water partition coefficient (Wildman–Crippen LogP) is 2.29. The molecule has 0 radical (unpaired) electrons. The second kappa shape index (κ2) is 5.92. The standard InChI is InChI=1S/C8H12Br2N2O2S2/c1-5(11)2-3-12-16(13,14)6-4-7(9)15-8(6)10/h4-5,12H,2-3,11H2,1H3. The molecule has 3 N–H and O–H groups in total. The van der Waals surface area contributed by atoms with E-state index in [1.54, 1.807) is 6.07 Å². The van der Waals surface area contributed by atoms with Gasteiger partial charge in [-0.2, -0.15) is 0 Å². The largest absolute Gasteiger partial charge is 0.328 e. The Morgan fingerprint density at radius 1 is 1.56 bits per heavy atom. The van der Waals surface area contributed by atoms with Crippen LogP contribution in [0.2, 0.25) is 0 Å². The van der Waals surface area contributed by atoms with Gasteiger partial charge in [-0.25, -0.2) is 13.1 Å². The van der Waals surface area contributed by atoms with Crippen LogP contribution in [-0.2, 0) is 10.0 Å². The molecule has 0 saturated heterocycles. The van der Waals surface area contributed by atoms with Crippen LogP contribution in [0.3, 0.4) is 0 Å². The third-order valence-corrected chi connectivity index (χ3v) is 6.02. The van der Waals surface area contributed by atoms with Crippen molar-refractivity contribution in [2.24, 2.45) is 5.73 Å². The number of nitrogens with two attached hydrogens (primary N) is 1. The lowest BCUT2D eigenvalue weighted by atomic mass is 10.3.